The molecule has 1 amide bonds. The van der Waals surface area contributed by atoms with E-state index in [1.165, 1.54) is 12.1 Å². The molecule has 1 unspecified atom stereocenters. The molecule has 2 heterocycles. The van der Waals surface area contributed by atoms with E-state index < -0.39 is 0 Å². The lowest BCUT2D eigenvalue weighted by molar-refractivity contribution is -0.0228. The fourth-order valence-electron chi connectivity index (χ4n) is 3.09. The highest BCUT2D eigenvalue weighted by Gasteiger charge is 2.26. The van der Waals surface area contributed by atoms with E-state index in [4.69, 9.17) is 4.74 Å². The van der Waals surface area contributed by atoms with Gasteiger partial charge in [0.25, 0.3) is 5.91 Å². The fraction of sp³-hybridized carbons (Fsp3) is 0.200. The van der Waals surface area contributed by atoms with Crippen LogP contribution in [0.3, 0.4) is 0 Å². The van der Waals surface area contributed by atoms with Crippen LogP contribution in [0.4, 0.5) is 4.39 Å². The van der Waals surface area contributed by atoms with Gasteiger partial charge in [-0.3, -0.25) is 4.79 Å². The van der Waals surface area contributed by atoms with Crippen LogP contribution in [0.2, 0.25) is 0 Å². The van der Waals surface area contributed by atoms with Crippen LogP contribution in [0, 0.1) is 5.82 Å². The van der Waals surface area contributed by atoms with Crippen LogP contribution in [0.15, 0.2) is 65.4 Å². The predicted octanol–water partition coefficient (Wildman–Crippen LogP) is 3.99. The Morgan fingerprint density at radius 3 is 2.56 bits per heavy atom. The number of amides is 1. The van der Waals surface area contributed by atoms with E-state index in [1.807, 2.05) is 18.3 Å². The lowest BCUT2D eigenvalue weighted by Crippen LogP contribution is -2.42. The van der Waals surface area contributed by atoms with Crippen molar-refractivity contribution in [3.63, 3.8) is 0 Å². The summed E-state index contributed by atoms with van der Waals surface area (Å²) in [7, 11) is 0. The fourth-order valence-corrected chi connectivity index (χ4v) is 3.38. The molecule has 2 aromatic carbocycles. The van der Waals surface area contributed by atoms with E-state index in [1.54, 1.807) is 40.0 Å². The summed E-state index contributed by atoms with van der Waals surface area (Å²) in [4.78, 5) is 14.6. The van der Waals surface area contributed by atoms with Crippen molar-refractivity contribution in [3.8, 4) is 5.69 Å². The van der Waals surface area contributed by atoms with Crippen LogP contribution in [0.25, 0.3) is 5.69 Å². The Labute approximate surface area is 164 Å². The summed E-state index contributed by atoms with van der Waals surface area (Å²) in [5.41, 5.74) is 2.36. The molecule has 0 saturated carbocycles. The third kappa shape index (κ3) is 3.94. The molecule has 0 N–H and O–H groups in total. The monoisotopic (exact) mass is 429 g/mol. The highest BCUT2D eigenvalue weighted by Crippen LogP contribution is 2.24. The van der Waals surface area contributed by atoms with Gasteiger partial charge in [-0.05, 0) is 57.9 Å². The molecule has 0 aliphatic carbocycles. The van der Waals surface area contributed by atoms with Crippen molar-refractivity contribution in [1.29, 1.82) is 0 Å². The van der Waals surface area contributed by atoms with Crippen molar-refractivity contribution in [2.75, 3.05) is 19.7 Å². The summed E-state index contributed by atoms with van der Waals surface area (Å²) in [6.45, 7) is 1.43. The summed E-state index contributed by atoms with van der Waals surface area (Å²) < 4.78 is 21.5. The molecule has 1 aliphatic rings. The molecule has 7 heteroatoms. The van der Waals surface area contributed by atoms with Crippen molar-refractivity contribution in [3.05, 3.63) is 82.3 Å². The smallest absolute Gasteiger partial charge is 0.254 e. The van der Waals surface area contributed by atoms with E-state index >= 15 is 0 Å². The molecular weight excluding hydrogens is 413 g/mol. The molecule has 0 radical (unpaired) electrons. The van der Waals surface area contributed by atoms with Gasteiger partial charge < -0.3 is 9.64 Å². The molecule has 0 spiro atoms. The third-order valence-electron chi connectivity index (χ3n) is 4.53. The second-order valence-corrected chi connectivity index (χ2v) is 7.23. The predicted molar refractivity (Wildman–Crippen MR) is 102 cm³/mol. The van der Waals surface area contributed by atoms with Crippen molar-refractivity contribution in [2.24, 2.45) is 0 Å². The van der Waals surface area contributed by atoms with Crippen LogP contribution >= 0.6 is 15.9 Å². The summed E-state index contributed by atoms with van der Waals surface area (Å²) in [6.07, 6.45) is 3.32. The Hall–Kier alpha value is -2.51. The Kier molecular flexibility index (Phi) is 5.05. The molecular formula is C20H17BrFN3O2. The number of aromatic nitrogens is 2. The van der Waals surface area contributed by atoms with Crippen molar-refractivity contribution in [1.82, 2.24) is 14.7 Å². The molecule has 5 nitrogen and oxygen atoms in total. The number of carbonyl (C=O) groups excluding carboxylic acids is 1. The summed E-state index contributed by atoms with van der Waals surface area (Å²) in [6, 6.07) is 13.5. The quantitative estimate of drug-likeness (QED) is 0.632. The van der Waals surface area contributed by atoms with E-state index in [9.17, 15) is 9.18 Å². The Morgan fingerprint density at radius 2 is 1.89 bits per heavy atom. The lowest BCUT2D eigenvalue weighted by atomic mass is 10.1. The second-order valence-electron chi connectivity index (χ2n) is 6.31. The van der Waals surface area contributed by atoms with Gasteiger partial charge in [-0.2, -0.15) is 5.10 Å². The van der Waals surface area contributed by atoms with Gasteiger partial charge in [-0.1, -0.05) is 12.1 Å². The first kappa shape index (κ1) is 17.9. The van der Waals surface area contributed by atoms with Gasteiger partial charge in [0.05, 0.1) is 29.5 Å². The zero-order valence-corrected chi connectivity index (χ0v) is 16.0. The second kappa shape index (κ2) is 7.62. The highest BCUT2D eigenvalue weighted by molar-refractivity contribution is 9.10. The maximum absolute atomic E-state index is 13.1. The number of morpholine rings is 1. The van der Waals surface area contributed by atoms with Crippen LogP contribution in [-0.2, 0) is 4.74 Å². The van der Waals surface area contributed by atoms with Crippen molar-refractivity contribution in [2.45, 2.75) is 6.10 Å². The van der Waals surface area contributed by atoms with Gasteiger partial charge in [0.2, 0.25) is 0 Å². The molecule has 3 aromatic rings. The number of halogens is 2. The maximum Gasteiger partial charge on any atom is 0.254 e. The SMILES string of the molecule is O=C(c1ccc(-n2cc(Br)cn2)cc1)N1CCOC(c2ccc(F)cc2)C1. The number of rotatable bonds is 3. The Bertz CT molecular complexity index is 941. The van der Waals surface area contributed by atoms with Crippen molar-refractivity contribution < 1.29 is 13.9 Å². The van der Waals surface area contributed by atoms with Gasteiger partial charge in [0.1, 0.15) is 11.9 Å². The zero-order valence-electron chi connectivity index (χ0n) is 14.4. The molecule has 1 saturated heterocycles. The number of hydrogen-bond donors (Lipinski definition) is 0. The normalized spacial score (nSPS) is 17.1. The van der Waals surface area contributed by atoms with Crippen LogP contribution in [0.5, 0.6) is 0 Å². The Balaban J connectivity index is 1.47. The van der Waals surface area contributed by atoms with Gasteiger partial charge in [0.15, 0.2) is 0 Å². The molecule has 0 bridgehead atoms. The zero-order chi connectivity index (χ0) is 18.8. The summed E-state index contributed by atoms with van der Waals surface area (Å²) >= 11 is 3.37. The number of nitrogens with zero attached hydrogens (tertiary/aromatic N) is 3. The first-order chi connectivity index (χ1) is 13.1. The standard InChI is InChI=1S/C20H17BrFN3O2/c21-16-11-23-25(12-16)18-7-3-15(4-8-18)20(26)24-9-10-27-19(13-24)14-1-5-17(22)6-2-14/h1-8,11-12,19H,9-10,13H2. The molecule has 4 rings (SSSR count). The largest absolute Gasteiger partial charge is 0.370 e. The number of benzene rings is 2. The number of ether oxygens (including phenoxy) is 1. The molecule has 138 valence electrons. The van der Waals surface area contributed by atoms with Crippen molar-refractivity contribution >= 4 is 21.8 Å². The molecule has 1 fully saturated rings. The minimum absolute atomic E-state index is 0.0430. The Morgan fingerprint density at radius 1 is 1.15 bits per heavy atom. The molecule has 1 aliphatic heterocycles. The van der Waals surface area contributed by atoms with Gasteiger partial charge in [0, 0.05) is 18.3 Å². The van der Waals surface area contributed by atoms with E-state index in [0.29, 0.717) is 25.3 Å². The lowest BCUT2D eigenvalue weighted by Gasteiger charge is -2.33. The van der Waals surface area contributed by atoms with Crippen LogP contribution in [0.1, 0.15) is 22.0 Å². The third-order valence-corrected chi connectivity index (χ3v) is 4.93. The highest BCUT2D eigenvalue weighted by atomic mass is 79.9. The van der Waals surface area contributed by atoms with E-state index in [0.717, 1.165) is 15.7 Å². The molecule has 1 aromatic heterocycles. The van der Waals surface area contributed by atoms with Gasteiger partial charge in [-0.15, -0.1) is 0 Å². The maximum atomic E-state index is 13.1. The number of carbonyl (C=O) groups is 1. The first-order valence-electron chi connectivity index (χ1n) is 8.57. The average Bonchev–Trinajstić information content (AvgIpc) is 3.14. The number of hydrogen-bond acceptors (Lipinski definition) is 3. The average molecular weight is 430 g/mol. The van der Waals surface area contributed by atoms with Crippen LogP contribution in [-0.4, -0.2) is 40.3 Å². The van der Waals surface area contributed by atoms with Gasteiger partial charge in [-0.25, -0.2) is 9.07 Å². The van der Waals surface area contributed by atoms with E-state index in [2.05, 4.69) is 21.0 Å². The molecule has 1 atom stereocenters. The summed E-state index contributed by atoms with van der Waals surface area (Å²) in [5.74, 6) is -0.328. The van der Waals surface area contributed by atoms with Gasteiger partial charge >= 0.3 is 0 Å². The summed E-state index contributed by atoms with van der Waals surface area (Å²) in [5, 5.41) is 4.23. The van der Waals surface area contributed by atoms with Crippen LogP contribution < -0.4 is 0 Å². The minimum atomic E-state index is -0.285. The minimum Gasteiger partial charge on any atom is -0.370 e. The topological polar surface area (TPSA) is 47.4 Å². The first-order valence-corrected chi connectivity index (χ1v) is 9.36. The molecule has 27 heavy (non-hydrogen) atoms. The van der Waals surface area contributed by atoms with E-state index in [-0.39, 0.29) is 17.8 Å².